The SMILES string of the molecule is COCCCN1CCOc2ccc(CO[C@H]3CNCC[C@@H]3c3ccc(CO)cc3)cc21. The summed E-state index contributed by atoms with van der Waals surface area (Å²) in [5.41, 5.74) is 4.55. The van der Waals surface area contributed by atoms with E-state index in [0.29, 0.717) is 12.5 Å². The van der Waals surface area contributed by atoms with Crippen LogP contribution in [0.4, 0.5) is 5.69 Å². The van der Waals surface area contributed by atoms with Crippen LogP contribution in [0.1, 0.15) is 35.4 Å². The molecule has 2 aromatic carbocycles. The van der Waals surface area contributed by atoms with E-state index in [0.717, 1.165) is 69.2 Å². The van der Waals surface area contributed by atoms with Crippen LogP contribution in [-0.2, 0) is 22.7 Å². The van der Waals surface area contributed by atoms with E-state index in [2.05, 4.69) is 40.5 Å². The highest BCUT2D eigenvalue weighted by Crippen LogP contribution is 2.34. The molecule has 0 unspecified atom stereocenters. The highest BCUT2D eigenvalue weighted by atomic mass is 16.5. The van der Waals surface area contributed by atoms with Crippen molar-refractivity contribution in [2.24, 2.45) is 0 Å². The first-order chi connectivity index (χ1) is 15.3. The van der Waals surface area contributed by atoms with Gasteiger partial charge in [-0.3, -0.25) is 0 Å². The second-order valence-corrected chi connectivity index (χ2v) is 8.33. The standard InChI is InChI=1S/C25H34N2O4/c1-29-13-2-11-27-12-14-30-24-8-5-20(15-23(24)27)18-31-25-16-26-10-9-22(25)21-6-3-19(17-28)4-7-21/h3-8,15,22,25-26,28H,2,9-14,16-18H2,1H3/t22-,25+/m1/s1. The Balaban J connectivity index is 1.42. The van der Waals surface area contributed by atoms with Gasteiger partial charge in [0.05, 0.1) is 31.5 Å². The summed E-state index contributed by atoms with van der Waals surface area (Å²) < 4.78 is 17.5. The minimum Gasteiger partial charge on any atom is -0.490 e. The fraction of sp³-hybridized carbons (Fsp3) is 0.520. The zero-order valence-corrected chi connectivity index (χ0v) is 18.4. The lowest BCUT2D eigenvalue weighted by atomic mass is 9.87. The normalized spacial score (nSPS) is 20.9. The monoisotopic (exact) mass is 426 g/mol. The molecule has 4 rings (SSSR count). The van der Waals surface area contributed by atoms with E-state index in [1.165, 1.54) is 11.1 Å². The van der Waals surface area contributed by atoms with Gasteiger partial charge in [0.15, 0.2) is 0 Å². The summed E-state index contributed by atoms with van der Waals surface area (Å²) in [6.45, 7) is 5.87. The zero-order valence-electron chi connectivity index (χ0n) is 18.4. The van der Waals surface area contributed by atoms with E-state index >= 15 is 0 Å². The first-order valence-electron chi connectivity index (χ1n) is 11.3. The molecule has 6 nitrogen and oxygen atoms in total. The van der Waals surface area contributed by atoms with Crippen LogP contribution in [-0.4, -0.2) is 57.7 Å². The third kappa shape index (κ3) is 5.57. The van der Waals surface area contributed by atoms with Crippen LogP contribution in [0.25, 0.3) is 0 Å². The zero-order chi connectivity index (χ0) is 21.5. The predicted molar refractivity (Wildman–Crippen MR) is 122 cm³/mol. The Labute approximate surface area is 185 Å². The molecule has 1 fully saturated rings. The molecule has 2 N–H and O–H groups in total. The number of nitrogens with one attached hydrogen (secondary N) is 1. The molecule has 0 saturated carbocycles. The molecule has 1 saturated heterocycles. The fourth-order valence-electron chi connectivity index (χ4n) is 4.50. The Hall–Kier alpha value is -2.12. The molecule has 2 aromatic rings. The van der Waals surface area contributed by atoms with E-state index in [1.54, 1.807) is 7.11 Å². The molecule has 2 heterocycles. The molecule has 31 heavy (non-hydrogen) atoms. The summed E-state index contributed by atoms with van der Waals surface area (Å²) in [5, 5.41) is 12.8. The van der Waals surface area contributed by atoms with E-state index < -0.39 is 0 Å². The quantitative estimate of drug-likeness (QED) is 0.601. The molecule has 2 aliphatic rings. The van der Waals surface area contributed by atoms with Gasteiger partial charge < -0.3 is 29.5 Å². The van der Waals surface area contributed by atoms with Gasteiger partial charge in [0.25, 0.3) is 0 Å². The van der Waals surface area contributed by atoms with Crippen molar-refractivity contribution in [2.45, 2.75) is 38.1 Å². The van der Waals surface area contributed by atoms with Gasteiger partial charge in [0.2, 0.25) is 0 Å². The largest absolute Gasteiger partial charge is 0.490 e. The Kier molecular flexibility index (Phi) is 7.81. The molecular formula is C25H34N2O4. The minimum atomic E-state index is 0.0803. The summed E-state index contributed by atoms with van der Waals surface area (Å²) >= 11 is 0. The van der Waals surface area contributed by atoms with Gasteiger partial charge in [-0.1, -0.05) is 30.3 Å². The number of rotatable bonds is 9. The number of methoxy groups -OCH3 is 1. The minimum absolute atomic E-state index is 0.0803. The highest BCUT2D eigenvalue weighted by Gasteiger charge is 2.27. The molecule has 2 aliphatic heterocycles. The van der Waals surface area contributed by atoms with E-state index in [1.807, 2.05) is 12.1 Å². The van der Waals surface area contributed by atoms with Crippen molar-refractivity contribution in [3.8, 4) is 5.75 Å². The van der Waals surface area contributed by atoms with Crippen molar-refractivity contribution >= 4 is 5.69 Å². The van der Waals surface area contributed by atoms with Gasteiger partial charge in [-0.25, -0.2) is 0 Å². The number of hydrogen-bond acceptors (Lipinski definition) is 6. The van der Waals surface area contributed by atoms with Crippen LogP contribution in [0.3, 0.4) is 0 Å². The number of nitrogens with zero attached hydrogens (tertiary/aromatic N) is 1. The number of ether oxygens (including phenoxy) is 3. The Morgan fingerprint density at radius 1 is 1.16 bits per heavy atom. The summed E-state index contributed by atoms with van der Waals surface area (Å²) in [7, 11) is 1.75. The lowest BCUT2D eigenvalue weighted by Crippen LogP contribution is -2.41. The van der Waals surface area contributed by atoms with Crippen molar-refractivity contribution < 1.29 is 19.3 Å². The fourth-order valence-corrected chi connectivity index (χ4v) is 4.50. The number of anilines is 1. The highest BCUT2D eigenvalue weighted by molar-refractivity contribution is 5.61. The van der Waals surface area contributed by atoms with Gasteiger partial charge in [0.1, 0.15) is 12.4 Å². The van der Waals surface area contributed by atoms with Crippen molar-refractivity contribution in [1.29, 1.82) is 0 Å². The van der Waals surface area contributed by atoms with E-state index in [9.17, 15) is 5.11 Å². The molecule has 2 atom stereocenters. The summed E-state index contributed by atoms with van der Waals surface area (Å²) in [6.07, 6.45) is 2.18. The van der Waals surface area contributed by atoms with Crippen LogP contribution in [0, 0.1) is 0 Å². The molecule has 0 spiro atoms. The van der Waals surface area contributed by atoms with E-state index in [-0.39, 0.29) is 12.7 Å². The van der Waals surface area contributed by atoms with Crippen LogP contribution >= 0.6 is 0 Å². The number of hydrogen-bond donors (Lipinski definition) is 2. The van der Waals surface area contributed by atoms with Crippen LogP contribution in [0.15, 0.2) is 42.5 Å². The van der Waals surface area contributed by atoms with Crippen molar-refractivity contribution in [2.75, 3.05) is 51.4 Å². The van der Waals surface area contributed by atoms with E-state index in [4.69, 9.17) is 14.2 Å². The number of aliphatic hydroxyl groups is 1. The molecule has 0 bridgehead atoms. The molecule has 6 heteroatoms. The summed E-state index contributed by atoms with van der Waals surface area (Å²) in [4.78, 5) is 2.38. The molecule has 0 amide bonds. The molecule has 0 radical (unpaired) electrons. The first-order valence-corrected chi connectivity index (χ1v) is 11.3. The second-order valence-electron chi connectivity index (χ2n) is 8.33. The van der Waals surface area contributed by atoms with Gasteiger partial charge in [-0.2, -0.15) is 0 Å². The molecule has 168 valence electrons. The van der Waals surface area contributed by atoms with Crippen LogP contribution in [0.2, 0.25) is 0 Å². The maximum atomic E-state index is 9.31. The maximum absolute atomic E-state index is 9.31. The van der Waals surface area contributed by atoms with Gasteiger partial charge in [0, 0.05) is 32.7 Å². The third-order valence-electron chi connectivity index (χ3n) is 6.24. The Morgan fingerprint density at radius 3 is 2.81 bits per heavy atom. The first kappa shape index (κ1) is 22.1. The van der Waals surface area contributed by atoms with Crippen LogP contribution in [0.5, 0.6) is 5.75 Å². The van der Waals surface area contributed by atoms with Gasteiger partial charge in [-0.15, -0.1) is 0 Å². The lowest BCUT2D eigenvalue weighted by molar-refractivity contribution is 0.0106. The second kappa shape index (κ2) is 11.0. The lowest BCUT2D eigenvalue weighted by Gasteiger charge is -2.33. The van der Waals surface area contributed by atoms with Crippen molar-refractivity contribution in [3.05, 3.63) is 59.2 Å². The van der Waals surface area contributed by atoms with Crippen molar-refractivity contribution in [3.63, 3.8) is 0 Å². The molecule has 0 aromatic heterocycles. The number of piperidine rings is 1. The van der Waals surface area contributed by atoms with Gasteiger partial charge >= 0.3 is 0 Å². The molecular weight excluding hydrogens is 392 g/mol. The Bertz CT molecular complexity index is 827. The topological polar surface area (TPSA) is 63.2 Å². The van der Waals surface area contributed by atoms with Crippen molar-refractivity contribution in [1.82, 2.24) is 5.32 Å². The smallest absolute Gasteiger partial charge is 0.142 e. The van der Waals surface area contributed by atoms with Crippen LogP contribution < -0.4 is 15.0 Å². The Morgan fingerprint density at radius 2 is 2.00 bits per heavy atom. The third-order valence-corrected chi connectivity index (χ3v) is 6.24. The maximum Gasteiger partial charge on any atom is 0.142 e. The predicted octanol–water partition coefficient (Wildman–Crippen LogP) is 3.08. The summed E-state index contributed by atoms with van der Waals surface area (Å²) in [5.74, 6) is 1.31. The number of fused-ring (bicyclic) bond motifs is 1. The van der Waals surface area contributed by atoms with Gasteiger partial charge in [-0.05, 0) is 48.2 Å². The summed E-state index contributed by atoms with van der Waals surface area (Å²) in [6, 6.07) is 14.7. The average molecular weight is 427 g/mol. The number of aliphatic hydroxyl groups excluding tert-OH is 1. The number of benzene rings is 2. The molecule has 0 aliphatic carbocycles. The average Bonchev–Trinajstić information content (AvgIpc) is 2.83.